The van der Waals surface area contributed by atoms with Crippen molar-refractivity contribution in [1.82, 2.24) is 167 Å². The van der Waals surface area contributed by atoms with Gasteiger partial charge in [-0.3, -0.25) is 40.0 Å². The maximum absolute atomic E-state index is 5.00. The molecule has 37 nitrogen and oxygen atoms in total. The van der Waals surface area contributed by atoms with Crippen LogP contribution < -0.4 is 51.5 Å². The van der Waals surface area contributed by atoms with Crippen LogP contribution in [0.5, 0.6) is 0 Å². The molecule has 12 N–H and O–H groups in total. The monoisotopic (exact) mass is 1960 g/mol. The zero-order valence-electron chi connectivity index (χ0n) is 81.6. The molecule has 18 aromatic heterocycles. The lowest BCUT2D eigenvalue weighted by atomic mass is 10.0. The third-order valence-electron chi connectivity index (χ3n) is 26.7. The summed E-state index contributed by atoms with van der Waals surface area (Å²) in [7, 11) is 2.03. The Hall–Kier alpha value is -13.3. The smallest absolute Gasteiger partial charge is 0.186 e. The van der Waals surface area contributed by atoms with E-state index in [1.165, 1.54) is 40.1 Å². The van der Waals surface area contributed by atoms with Crippen molar-refractivity contribution in [1.29, 1.82) is 0 Å². The van der Waals surface area contributed by atoms with Crippen molar-refractivity contribution in [3.8, 4) is 67.8 Å². The third kappa shape index (κ3) is 21.6. The molecule has 24 heterocycles. The van der Waals surface area contributed by atoms with Gasteiger partial charge in [0.2, 0.25) is 0 Å². The number of pyridine rings is 6. The number of fused-ring (bicyclic) bond motifs is 7. The SMILES string of the molecule is CC(C)C[C@H]1CN(c2cn(C)c(-c3[nH]nc4ncccc34)n2)CCN1.CC(C)C[C@H]1CN(c2csc(-c3[nH]nc4ncccc34)n2)CCN1.Cc1cn(C2CCNCC2)nc1-c1[nH]nc2ncccc12.Cc1sc(N2CCCNCC2)nc1-c1[nH]nc2ncccc12.Cc1sc(N2CCN[C@@H](CC(C)C)C2)nc1-c1[nH]nc2ncccc12.[HH].[HH].[HH].[HH].c1cnc2n[nH]c(-c3nn(C4CCNCC4)c4ccccc34)c2c1. The summed E-state index contributed by atoms with van der Waals surface area (Å²) in [6.45, 7) is 37.5. The number of hydrogen-bond acceptors (Lipinski definition) is 31. The van der Waals surface area contributed by atoms with E-state index in [2.05, 4.69) is 261 Å². The standard InChI is InChI=1S/C18H25N7.C18H24N6S.C18H18N6.C17H22N6S.C15H18N6S.C15H18N6.4H2/c1-12(2)9-13-10-25(8-7-19-13)15-11-24(3)18(21-15)16-14-5-4-6-20-17(14)23-22-16;1-11(2)9-13-10-24(8-7-19-13)18-21-15(12(3)25-18)16-14-5-4-6-20-17(14)23-22-16;1-2-6-15-13(4-1)17(23-24(15)12-7-10-19-11-8-12)16-14-5-3-9-20-18(14)22-21-16;1-11(2)8-12-9-23(7-6-18-12)14-10-24-17(20-14)15-13-4-3-5-19-16(13)22-21-15;1-10-12(13-11-4-2-6-17-14(11)20-19-13)18-15(22-10)21-8-3-5-16-7-9-21;1-10-9-21(11-4-7-16-8-5-11)20-13(10)14-12-3-2-6-17-15(12)19-18-14;;;;/h4-6,11-13,19H,7-10H2,1-3H3,(H,20,22,23);4-6,11,13,19H,7-10H2,1-3H3,(H,20,22,23);1-6,9,12,19H,7-8,10-11H2,(H,20,21,22);3-5,10-12,18H,6-9H2,1-2H3,(H,19,21,22);2,4,6,16H,3,5,7-9H2,1H3,(H,17,19,20);2-3,6,9,11,16H,4-5,7-8H2,1H3,(H,17,18,19);4*1H/t2*13-;;12-;;;;;;/m00.0....../s1. The average molecular weight is 1960 g/mol. The Morgan fingerprint density at radius 1 is 0.376 bits per heavy atom. The molecular formula is C101H133N37S3. The minimum absolute atomic E-state index is 0. The van der Waals surface area contributed by atoms with E-state index in [4.69, 9.17) is 30.1 Å². The number of imidazole rings is 1. The first-order chi connectivity index (χ1) is 69.0. The summed E-state index contributed by atoms with van der Waals surface area (Å²) in [5, 5.41) is 87.9. The number of nitrogens with one attached hydrogen (secondary N) is 12. The van der Waals surface area contributed by atoms with Crippen LogP contribution in [0.2, 0.25) is 0 Å². The number of anilines is 4. The number of benzene rings is 1. The second-order valence-corrected chi connectivity index (χ2v) is 41.6. The van der Waals surface area contributed by atoms with Gasteiger partial charge in [0.1, 0.15) is 50.8 Å². The largest absolute Gasteiger partial charge is 0.353 e. The first-order valence-electron chi connectivity index (χ1n) is 49.6. The molecule has 19 aromatic rings. The summed E-state index contributed by atoms with van der Waals surface area (Å²) in [5.41, 5.74) is 16.4. The van der Waals surface area contributed by atoms with Crippen LogP contribution in [0.25, 0.3) is 145 Å². The Kier molecular flexibility index (Phi) is 29.6. The van der Waals surface area contributed by atoms with Crippen LogP contribution in [0.15, 0.2) is 152 Å². The molecule has 0 bridgehead atoms. The molecule has 141 heavy (non-hydrogen) atoms. The van der Waals surface area contributed by atoms with Gasteiger partial charge in [0.15, 0.2) is 50.0 Å². The first kappa shape index (κ1) is 95.2. The molecule has 0 unspecified atom stereocenters. The van der Waals surface area contributed by atoms with E-state index in [9.17, 15) is 0 Å². The van der Waals surface area contributed by atoms with Gasteiger partial charge in [-0.1, -0.05) is 59.7 Å². The number of piperidine rings is 2. The highest BCUT2D eigenvalue weighted by atomic mass is 32.1. The van der Waals surface area contributed by atoms with Crippen LogP contribution in [0.1, 0.15) is 126 Å². The molecule has 0 amide bonds. The van der Waals surface area contributed by atoms with Gasteiger partial charge in [-0.25, -0.2) is 49.8 Å². The molecule has 0 aliphatic carbocycles. The number of H-pyrrole nitrogens is 6. The van der Waals surface area contributed by atoms with Gasteiger partial charge in [-0.05, 0) is 207 Å². The summed E-state index contributed by atoms with van der Waals surface area (Å²) < 4.78 is 6.39. The molecule has 40 heteroatoms. The number of hydrogen-bond donors (Lipinski definition) is 12. The van der Waals surface area contributed by atoms with Crippen LogP contribution in [0.4, 0.5) is 21.9 Å². The molecular weight excluding hydrogens is 1830 g/mol. The Morgan fingerprint density at radius 3 is 1.28 bits per heavy atom. The molecule has 6 aliphatic rings. The molecule has 0 spiro atoms. The fraction of sp³-hybridized carbons (Fsp3) is 0.426. The predicted molar refractivity (Wildman–Crippen MR) is 574 cm³/mol. The van der Waals surface area contributed by atoms with Gasteiger partial charge in [0.25, 0.3) is 0 Å². The van der Waals surface area contributed by atoms with E-state index in [1.54, 1.807) is 71.2 Å². The van der Waals surface area contributed by atoms with Crippen molar-refractivity contribution in [3.63, 3.8) is 0 Å². The lowest BCUT2D eigenvalue weighted by Crippen LogP contribution is -2.51. The van der Waals surface area contributed by atoms with Gasteiger partial charge < -0.3 is 56.1 Å². The Morgan fingerprint density at radius 2 is 0.780 bits per heavy atom. The van der Waals surface area contributed by atoms with Crippen molar-refractivity contribution in [3.05, 3.63) is 167 Å². The summed E-state index contributed by atoms with van der Waals surface area (Å²) in [6, 6.07) is 34.8. The molecule has 0 radical (unpaired) electrons. The zero-order valence-corrected chi connectivity index (χ0v) is 84.1. The van der Waals surface area contributed by atoms with Gasteiger partial charge >= 0.3 is 0 Å². The summed E-state index contributed by atoms with van der Waals surface area (Å²) in [4.78, 5) is 57.3. The van der Waals surface area contributed by atoms with E-state index in [0.29, 0.717) is 48.0 Å². The molecule has 6 fully saturated rings. The van der Waals surface area contributed by atoms with Crippen molar-refractivity contribution in [2.24, 2.45) is 24.8 Å². The van der Waals surface area contributed by atoms with Crippen molar-refractivity contribution >= 4 is 133 Å². The fourth-order valence-electron chi connectivity index (χ4n) is 19.9. The van der Waals surface area contributed by atoms with E-state index < -0.39 is 0 Å². The van der Waals surface area contributed by atoms with Crippen LogP contribution in [-0.4, -0.2) is 265 Å². The van der Waals surface area contributed by atoms with Gasteiger partial charge in [-0.15, -0.1) is 34.0 Å². The van der Waals surface area contributed by atoms with Crippen LogP contribution in [0.3, 0.4) is 0 Å². The van der Waals surface area contributed by atoms with Gasteiger partial charge in [0, 0.05) is 212 Å². The summed E-state index contributed by atoms with van der Waals surface area (Å²) >= 11 is 5.18. The molecule has 6 saturated heterocycles. The van der Waals surface area contributed by atoms with Crippen LogP contribution in [0, 0.1) is 38.5 Å². The maximum atomic E-state index is 5.00. The first-order valence-corrected chi connectivity index (χ1v) is 52.1. The Balaban J connectivity index is 0.000000124. The number of nitrogens with zero attached hydrogens (tertiary/aromatic N) is 25. The minimum atomic E-state index is 0. The lowest BCUT2D eigenvalue weighted by Gasteiger charge is -2.34. The predicted octanol–water partition coefficient (Wildman–Crippen LogP) is 16.4. The van der Waals surface area contributed by atoms with Crippen molar-refractivity contribution < 1.29 is 5.71 Å². The highest BCUT2D eigenvalue weighted by molar-refractivity contribution is 7.16. The van der Waals surface area contributed by atoms with Gasteiger partial charge in [-0.2, -0.15) is 40.8 Å². The Labute approximate surface area is 835 Å². The van der Waals surface area contributed by atoms with E-state index in [0.717, 1.165) is 305 Å². The number of para-hydroxylation sites is 1. The topological polar surface area (TPSA) is 427 Å². The number of aryl methyl sites for hydroxylation is 4. The van der Waals surface area contributed by atoms with E-state index >= 15 is 0 Å². The lowest BCUT2D eigenvalue weighted by molar-refractivity contribution is 0.343. The zero-order chi connectivity index (χ0) is 96.4. The third-order valence-corrected chi connectivity index (χ3v) is 29.6. The van der Waals surface area contributed by atoms with Crippen molar-refractivity contribution in [2.75, 3.05) is 131 Å². The minimum Gasteiger partial charge on any atom is -0.353 e. The molecule has 6 aliphatic heterocycles. The van der Waals surface area contributed by atoms with Crippen LogP contribution in [-0.2, 0) is 7.05 Å². The molecule has 0 saturated carbocycles. The quantitative estimate of drug-likeness (QED) is 0.0379. The van der Waals surface area contributed by atoms with E-state index in [-0.39, 0.29) is 5.71 Å². The van der Waals surface area contributed by atoms with E-state index in [1.807, 2.05) is 79.8 Å². The summed E-state index contributed by atoms with van der Waals surface area (Å²) in [5.74, 6) is 5.09. The second-order valence-electron chi connectivity index (χ2n) is 38.4. The molecule has 1 aromatic carbocycles. The molecule has 740 valence electrons. The van der Waals surface area contributed by atoms with Gasteiger partial charge in [0.05, 0.1) is 40.4 Å². The summed E-state index contributed by atoms with van der Waals surface area (Å²) in [6.07, 6.45) is 24.0. The highest BCUT2D eigenvalue weighted by Gasteiger charge is 2.31. The number of aromatic amines is 6. The number of rotatable bonds is 18. The maximum Gasteiger partial charge on any atom is 0.186 e. The fourth-order valence-corrected chi connectivity index (χ4v) is 22.6. The second kappa shape index (κ2) is 43.8. The van der Waals surface area contributed by atoms with Crippen LogP contribution >= 0.6 is 34.0 Å². The highest BCUT2D eigenvalue weighted by Crippen LogP contribution is 2.41. The number of thiazole rings is 3. The normalized spacial score (nSPS) is 17.4. The molecule has 3 atom stereocenters. The number of piperazine rings is 3. The average Bonchev–Trinajstić information content (AvgIpc) is 1.60. The van der Waals surface area contributed by atoms with Crippen molar-refractivity contribution in [2.45, 2.75) is 144 Å². The molecule has 25 rings (SSSR count). The number of aromatic nitrogens is 27. The Bertz CT molecular complexity index is 7220.